The van der Waals surface area contributed by atoms with E-state index in [0.29, 0.717) is 17.9 Å². The largest absolute Gasteiger partial charge is 0.361 e. The zero-order chi connectivity index (χ0) is 16.7. The van der Waals surface area contributed by atoms with Crippen LogP contribution in [0.5, 0.6) is 0 Å². The molecule has 2 aliphatic rings. The first-order valence-electron chi connectivity index (χ1n) is 8.62. The third kappa shape index (κ3) is 2.48. The second-order valence-corrected chi connectivity index (χ2v) is 7.08. The van der Waals surface area contributed by atoms with E-state index in [-0.39, 0.29) is 6.03 Å². The molecule has 5 heteroatoms. The zero-order valence-corrected chi connectivity index (χ0v) is 14.2. The molecular weight excluding hydrogens is 302 g/mol. The Bertz CT molecular complexity index is 763. The highest BCUT2D eigenvalue weighted by Crippen LogP contribution is 2.61. The monoisotopic (exact) mass is 325 g/mol. The summed E-state index contributed by atoms with van der Waals surface area (Å²) in [6.07, 6.45) is 3.58. The van der Waals surface area contributed by atoms with Crippen LogP contribution in [0.2, 0.25) is 0 Å². The van der Waals surface area contributed by atoms with Crippen LogP contribution in [0.15, 0.2) is 28.8 Å². The first-order valence-corrected chi connectivity index (χ1v) is 8.62. The fraction of sp³-hybridized carbons (Fsp3) is 0.474. The summed E-state index contributed by atoms with van der Waals surface area (Å²) in [6.45, 7) is 4.94. The Balaban J connectivity index is 1.29. The number of hydrogen-bond acceptors (Lipinski definition) is 3. The summed E-state index contributed by atoms with van der Waals surface area (Å²) in [7, 11) is 0. The summed E-state index contributed by atoms with van der Waals surface area (Å²) in [4.78, 5) is 12.1. The fourth-order valence-electron chi connectivity index (χ4n) is 4.20. The number of nitrogens with one attached hydrogen (secondary N) is 2. The summed E-state index contributed by atoms with van der Waals surface area (Å²) in [5.41, 5.74) is 5.11. The van der Waals surface area contributed by atoms with Gasteiger partial charge in [-0.3, -0.25) is 0 Å². The first kappa shape index (κ1) is 15.2. The molecule has 5 nitrogen and oxygen atoms in total. The van der Waals surface area contributed by atoms with Crippen molar-refractivity contribution >= 4 is 6.03 Å². The van der Waals surface area contributed by atoms with Crippen molar-refractivity contribution in [3.05, 3.63) is 52.4 Å². The van der Waals surface area contributed by atoms with Gasteiger partial charge in [-0.15, -0.1) is 0 Å². The molecule has 0 radical (unpaired) electrons. The highest BCUT2D eigenvalue weighted by Gasteiger charge is 2.57. The van der Waals surface area contributed by atoms with Crippen LogP contribution in [0.25, 0.3) is 0 Å². The van der Waals surface area contributed by atoms with Crippen molar-refractivity contribution in [1.82, 2.24) is 15.8 Å². The van der Waals surface area contributed by atoms with Gasteiger partial charge < -0.3 is 15.2 Å². The smallest absolute Gasteiger partial charge is 0.315 e. The van der Waals surface area contributed by atoms with Crippen molar-refractivity contribution < 1.29 is 9.32 Å². The Kier molecular flexibility index (Phi) is 3.59. The molecule has 126 valence electrons. The van der Waals surface area contributed by atoms with Gasteiger partial charge in [0.15, 0.2) is 0 Å². The minimum atomic E-state index is -0.122. The van der Waals surface area contributed by atoms with E-state index < -0.39 is 0 Å². The van der Waals surface area contributed by atoms with Crippen LogP contribution >= 0.6 is 0 Å². The van der Waals surface area contributed by atoms with Gasteiger partial charge in [0.2, 0.25) is 0 Å². The van der Waals surface area contributed by atoms with E-state index in [1.54, 1.807) is 0 Å². The van der Waals surface area contributed by atoms with Gasteiger partial charge in [0.1, 0.15) is 5.76 Å². The maximum absolute atomic E-state index is 12.1. The van der Waals surface area contributed by atoms with Crippen molar-refractivity contribution in [2.75, 3.05) is 6.54 Å². The standard InChI is InChI=1S/C19H23N3O2/c1-12-16(13(2)24-22-12)11-21-18(23)20-10-15-9-19(15)8-7-14-5-3-4-6-17(14)19/h3-6,15H,7-11H2,1-2H3,(H2,20,21,23)/t15-,19+/m0/s1. The number of fused-ring (bicyclic) bond motifs is 2. The van der Waals surface area contributed by atoms with E-state index in [0.717, 1.165) is 23.6 Å². The van der Waals surface area contributed by atoms with Crippen LogP contribution in [-0.2, 0) is 18.4 Å². The van der Waals surface area contributed by atoms with Crippen molar-refractivity contribution in [3.63, 3.8) is 0 Å². The number of benzene rings is 1. The van der Waals surface area contributed by atoms with Crippen LogP contribution in [-0.4, -0.2) is 17.7 Å². The molecule has 2 N–H and O–H groups in total. The average molecular weight is 325 g/mol. The molecular formula is C19H23N3O2. The summed E-state index contributed by atoms with van der Waals surface area (Å²) in [5.74, 6) is 1.32. The molecule has 0 aliphatic heterocycles. The highest BCUT2D eigenvalue weighted by molar-refractivity contribution is 5.74. The van der Waals surface area contributed by atoms with Gasteiger partial charge in [-0.2, -0.15) is 0 Å². The molecule has 1 aromatic heterocycles. The minimum Gasteiger partial charge on any atom is -0.361 e. The Hall–Kier alpha value is -2.30. The highest BCUT2D eigenvalue weighted by atomic mass is 16.5. The van der Waals surface area contributed by atoms with E-state index >= 15 is 0 Å². The number of rotatable bonds is 4. The molecule has 1 saturated carbocycles. The fourth-order valence-corrected chi connectivity index (χ4v) is 4.20. The second-order valence-electron chi connectivity index (χ2n) is 7.08. The van der Waals surface area contributed by atoms with Crippen LogP contribution in [0, 0.1) is 19.8 Å². The summed E-state index contributed by atoms with van der Waals surface area (Å²) < 4.78 is 5.11. The van der Waals surface area contributed by atoms with Gasteiger partial charge in [-0.05, 0) is 50.2 Å². The molecule has 2 aromatic rings. The van der Waals surface area contributed by atoms with E-state index in [9.17, 15) is 4.79 Å². The second kappa shape index (κ2) is 5.65. The van der Waals surface area contributed by atoms with Gasteiger partial charge in [0.25, 0.3) is 0 Å². The molecule has 1 heterocycles. The molecule has 1 aromatic carbocycles. The first-order chi connectivity index (χ1) is 11.6. The van der Waals surface area contributed by atoms with Gasteiger partial charge in [-0.25, -0.2) is 4.79 Å². The van der Waals surface area contributed by atoms with Crippen LogP contribution < -0.4 is 10.6 Å². The summed E-state index contributed by atoms with van der Waals surface area (Å²) >= 11 is 0. The molecule has 2 aliphatic carbocycles. The van der Waals surface area contributed by atoms with E-state index in [1.165, 1.54) is 30.4 Å². The lowest BCUT2D eigenvalue weighted by Crippen LogP contribution is -2.37. The number of urea groups is 1. The maximum Gasteiger partial charge on any atom is 0.315 e. The third-order valence-corrected chi connectivity index (χ3v) is 5.74. The molecule has 0 unspecified atom stereocenters. The number of aromatic nitrogens is 1. The van der Waals surface area contributed by atoms with E-state index in [4.69, 9.17) is 4.52 Å². The minimum absolute atomic E-state index is 0.122. The lowest BCUT2D eigenvalue weighted by Gasteiger charge is -2.12. The molecule has 0 bridgehead atoms. The molecule has 2 atom stereocenters. The number of aryl methyl sites for hydroxylation is 3. The number of hydrogen-bond donors (Lipinski definition) is 2. The lowest BCUT2D eigenvalue weighted by atomic mass is 9.95. The van der Waals surface area contributed by atoms with Gasteiger partial charge in [0.05, 0.1) is 5.69 Å². The van der Waals surface area contributed by atoms with Crippen LogP contribution in [0.1, 0.15) is 41.0 Å². The quantitative estimate of drug-likeness (QED) is 0.908. The topological polar surface area (TPSA) is 67.2 Å². The average Bonchev–Trinajstić information content (AvgIpc) is 3.03. The Morgan fingerprint density at radius 3 is 2.96 bits per heavy atom. The summed E-state index contributed by atoms with van der Waals surface area (Å²) in [6, 6.07) is 8.63. The van der Waals surface area contributed by atoms with Crippen LogP contribution in [0.4, 0.5) is 4.79 Å². The van der Waals surface area contributed by atoms with Crippen molar-refractivity contribution in [3.8, 4) is 0 Å². The van der Waals surface area contributed by atoms with Crippen molar-refractivity contribution in [2.24, 2.45) is 5.92 Å². The Morgan fingerprint density at radius 2 is 2.17 bits per heavy atom. The number of carbonyl (C=O) groups excluding carboxylic acids is 1. The number of nitrogens with zero attached hydrogens (tertiary/aromatic N) is 1. The Morgan fingerprint density at radius 1 is 1.33 bits per heavy atom. The third-order valence-electron chi connectivity index (χ3n) is 5.74. The van der Waals surface area contributed by atoms with Gasteiger partial charge >= 0.3 is 6.03 Å². The normalized spacial score (nSPS) is 24.0. The molecule has 24 heavy (non-hydrogen) atoms. The van der Waals surface area contributed by atoms with Crippen LogP contribution in [0.3, 0.4) is 0 Å². The van der Waals surface area contributed by atoms with Gasteiger partial charge in [0, 0.05) is 24.1 Å². The van der Waals surface area contributed by atoms with Gasteiger partial charge in [-0.1, -0.05) is 29.4 Å². The van der Waals surface area contributed by atoms with E-state index in [2.05, 4.69) is 40.1 Å². The lowest BCUT2D eigenvalue weighted by molar-refractivity contribution is 0.239. The summed E-state index contributed by atoms with van der Waals surface area (Å²) in [5, 5.41) is 9.83. The van der Waals surface area contributed by atoms with E-state index in [1.807, 2.05) is 13.8 Å². The Labute approximate surface area is 141 Å². The predicted octanol–water partition coefficient (Wildman–Crippen LogP) is 2.99. The molecule has 1 fully saturated rings. The van der Waals surface area contributed by atoms with Crippen molar-refractivity contribution in [2.45, 2.75) is 45.1 Å². The SMILES string of the molecule is Cc1noc(C)c1CNC(=O)NC[C@@H]1C[C@]12CCc1ccccc12. The molecule has 2 amide bonds. The maximum atomic E-state index is 12.1. The predicted molar refractivity (Wildman–Crippen MR) is 90.8 cm³/mol. The van der Waals surface area contributed by atoms with Crippen molar-refractivity contribution in [1.29, 1.82) is 0 Å². The number of amides is 2. The molecule has 1 spiro atoms. The molecule has 0 saturated heterocycles. The number of carbonyl (C=O) groups is 1. The molecule has 4 rings (SSSR count). The zero-order valence-electron chi connectivity index (χ0n) is 14.2.